The van der Waals surface area contributed by atoms with Crippen LogP contribution in [0.5, 0.6) is 11.5 Å². The Bertz CT molecular complexity index is 1050. The zero-order valence-electron chi connectivity index (χ0n) is 15.8. The summed E-state index contributed by atoms with van der Waals surface area (Å²) in [7, 11) is -1.33. The van der Waals surface area contributed by atoms with Gasteiger partial charge >= 0.3 is 0 Å². The van der Waals surface area contributed by atoms with E-state index in [0.29, 0.717) is 12.2 Å². The number of nitrogens with zero attached hydrogens (tertiary/aromatic N) is 1. The molecule has 1 aliphatic heterocycles. The Kier molecular flexibility index (Phi) is 5.99. The van der Waals surface area contributed by atoms with Crippen molar-refractivity contribution in [2.24, 2.45) is 0 Å². The van der Waals surface area contributed by atoms with Gasteiger partial charge < -0.3 is 9.47 Å². The SMILES string of the molecule is COc1ccc(NS(=O)(=O)c2cc(N3C(=O)CCCC3=O)ccc2OC)cc1Cl. The van der Waals surface area contributed by atoms with Crippen molar-refractivity contribution in [3.8, 4) is 11.5 Å². The van der Waals surface area contributed by atoms with Gasteiger partial charge in [-0.15, -0.1) is 0 Å². The highest BCUT2D eigenvalue weighted by atomic mass is 35.5. The number of ether oxygens (including phenoxy) is 2. The molecule has 0 aliphatic carbocycles. The van der Waals surface area contributed by atoms with E-state index in [1.165, 1.54) is 50.6 Å². The van der Waals surface area contributed by atoms with Crippen molar-refractivity contribution >= 4 is 44.8 Å². The van der Waals surface area contributed by atoms with Crippen LogP contribution in [0.1, 0.15) is 19.3 Å². The summed E-state index contributed by atoms with van der Waals surface area (Å²) in [5.41, 5.74) is 0.391. The van der Waals surface area contributed by atoms with E-state index in [1.807, 2.05) is 0 Å². The second-order valence-corrected chi connectivity index (χ2v) is 8.32. The van der Waals surface area contributed by atoms with Crippen molar-refractivity contribution in [2.45, 2.75) is 24.2 Å². The molecule has 1 aliphatic rings. The number of anilines is 2. The van der Waals surface area contributed by atoms with Crippen molar-refractivity contribution in [3.63, 3.8) is 0 Å². The first-order chi connectivity index (χ1) is 13.8. The molecular weight excluding hydrogens is 420 g/mol. The number of amides is 2. The molecule has 1 fully saturated rings. The smallest absolute Gasteiger partial charge is 0.265 e. The van der Waals surface area contributed by atoms with E-state index in [-0.39, 0.29) is 51.7 Å². The number of sulfonamides is 1. The Morgan fingerprint density at radius 2 is 1.59 bits per heavy atom. The molecule has 1 saturated heterocycles. The van der Waals surface area contributed by atoms with E-state index in [1.54, 1.807) is 0 Å². The molecule has 0 saturated carbocycles. The molecule has 1 heterocycles. The molecule has 2 amide bonds. The number of halogens is 1. The lowest BCUT2D eigenvalue weighted by Crippen LogP contribution is -2.40. The maximum absolute atomic E-state index is 13.0. The van der Waals surface area contributed by atoms with Crippen LogP contribution >= 0.6 is 11.6 Å². The number of carbonyl (C=O) groups is 2. The summed E-state index contributed by atoms with van der Waals surface area (Å²) in [4.78, 5) is 25.2. The van der Waals surface area contributed by atoms with Crippen molar-refractivity contribution in [2.75, 3.05) is 23.8 Å². The van der Waals surface area contributed by atoms with Crippen molar-refractivity contribution in [3.05, 3.63) is 41.4 Å². The highest BCUT2D eigenvalue weighted by molar-refractivity contribution is 7.92. The van der Waals surface area contributed by atoms with E-state index in [9.17, 15) is 18.0 Å². The van der Waals surface area contributed by atoms with Gasteiger partial charge in [-0.25, -0.2) is 8.42 Å². The van der Waals surface area contributed by atoms with Crippen LogP contribution in [-0.2, 0) is 19.6 Å². The van der Waals surface area contributed by atoms with Gasteiger partial charge in [-0.2, -0.15) is 0 Å². The second-order valence-electron chi connectivity index (χ2n) is 6.27. The number of methoxy groups -OCH3 is 2. The number of rotatable bonds is 6. The first-order valence-corrected chi connectivity index (χ1v) is 10.5. The molecule has 2 aromatic rings. The fourth-order valence-electron chi connectivity index (χ4n) is 3.00. The predicted molar refractivity (Wildman–Crippen MR) is 108 cm³/mol. The number of carbonyl (C=O) groups excluding carboxylic acids is 2. The molecule has 8 nitrogen and oxygen atoms in total. The topological polar surface area (TPSA) is 102 Å². The van der Waals surface area contributed by atoms with Crippen molar-refractivity contribution in [1.82, 2.24) is 0 Å². The van der Waals surface area contributed by atoms with Crippen LogP contribution in [-0.4, -0.2) is 34.5 Å². The van der Waals surface area contributed by atoms with Crippen LogP contribution < -0.4 is 19.1 Å². The van der Waals surface area contributed by atoms with Crippen LogP contribution in [0.15, 0.2) is 41.3 Å². The van der Waals surface area contributed by atoms with E-state index >= 15 is 0 Å². The van der Waals surface area contributed by atoms with E-state index in [2.05, 4.69) is 4.72 Å². The zero-order chi connectivity index (χ0) is 21.2. The van der Waals surface area contributed by atoms with E-state index in [4.69, 9.17) is 21.1 Å². The third kappa shape index (κ3) is 4.30. The number of nitrogens with one attached hydrogen (secondary N) is 1. The normalized spacial score (nSPS) is 14.7. The number of piperidine rings is 1. The first kappa shape index (κ1) is 20.9. The van der Waals surface area contributed by atoms with Gasteiger partial charge in [-0.1, -0.05) is 11.6 Å². The molecule has 0 bridgehead atoms. The molecule has 10 heteroatoms. The Morgan fingerprint density at radius 3 is 2.17 bits per heavy atom. The summed E-state index contributed by atoms with van der Waals surface area (Å²) in [5, 5.41) is 0.234. The molecule has 3 rings (SSSR count). The van der Waals surface area contributed by atoms with Gasteiger partial charge in [0.2, 0.25) is 11.8 Å². The Labute approximate surface area is 173 Å². The van der Waals surface area contributed by atoms with Gasteiger partial charge in [0.15, 0.2) is 0 Å². The average molecular weight is 439 g/mol. The van der Waals surface area contributed by atoms with Crippen molar-refractivity contribution < 1.29 is 27.5 Å². The third-order valence-electron chi connectivity index (χ3n) is 4.38. The lowest BCUT2D eigenvalue weighted by atomic mass is 10.1. The van der Waals surface area contributed by atoms with Gasteiger partial charge in [0, 0.05) is 12.8 Å². The number of benzene rings is 2. The maximum atomic E-state index is 13.0. The highest BCUT2D eigenvalue weighted by Gasteiger charge is 2.29. The predicted octanol–water partition coefficient (Wildman–Crippen LogP) is 3.20. The molecule has 154 valence electrons. The summed E-state index contributed by atoms with van der Waals surface area (Å²) >= 11 is 6.06. The lowest BCUT2D eigenvalue weighted by Gasteiger charge is -2.25. The molecule has 0 aromatic heterocycles. The fraction of sp³-hybridized carbons (Fsp3) is 0.263. The number of hydrogen-bond acceptors (Lipinski definition) is 6. The van der Waals surface area contributed by atoms with Crippen LogP contribution in [0.3, 0.4) is 0 Å². The number of hydrogen-bond donors (Lipinski definition) is 1. The Balaban J connectivity index is 2.00. The van der Waals surface area contributed by atoms with Crippen molar-refractivity contribution in [1.29, 1.82) is 0 Å². The van der Waals surface area contributed by atoms with Crippen LogP contribution in [0.4, 0.5) is 11.4 Å². The first-order valence-electron chi connectivity index (χ1n) is 8.67. The maximum Gasteiger partial charge on any atom is 0.265 e. The van der Waals surface area contributed by atoms with Gasteiger partial charge in [-0.3, -0.25) is 19.2 Å². The Morgan fingerprint density at radius 1 is 0.966 bits per heavy atom. The standard InChI is InChI=1S/C19H19ClN2O6S/c1-27-15-8-6-12(10-14(15)20)21-29(25,26)17-11-13(7-9-16(17)28-2)22-18(23)4-3-5-19(22)24/h6-11,21H,3-5H2,1-2H3. The van der Waals surface area contributed by atoms with E-state index < -0.39 is 10.0 Å². The molecule has 29 heavy (non-hydrogen) atoms. The molecule has 2 aromatic carbocycles. The second kappa shape index (κ2) is 8.30. The third-order valence-corrected chi connectivity index (χ3v) is 6.08. The van der Waals surface area contributed by atoms with Gasteiger partial charge in [0.05, 0.1) is 30.6 Å². The molecular formula is C19H19ClN2O6S. The molecule has 0 atom stereocenters. The van der Waals surface area contributed by atoms with Crippen LogP contribution in [0.25, 0.3) is 0 Å². The quantitative estimate of drug-likeness (QED) is 0.695. The monoisotopic (exact) mass is 438 g/mol. The highest BCUT2D eigenvalue weighted by Crippen LogP contribution is 2.33. The summed E-state index contributed by atoms with van der Waals surface area (Å²) in [6.45, 7) is 0. The fourth-order valence-corrected chi connectivity index (χ4v) is 4.49. The van der Waals surface area contributed by atoms with Crippen LogP contribution in [0, 0.1) is 0 Å². The summed E-state index contributed by atoms with van der Waals surface area (Å²) in [5.74, 6) is -0.275. The minimum Gasteiger partial charge on any atom is -0.495 e. The van der Waals surface area contributed by atoms with E-state index in [0.717, 1.165) is 4.90 Å². The lowest BCUT2D eigenvalue weighted by molar-refractivity contribution is -0.129. The van der Waals surface area contributed by atoms with Gasteiger partial charge in [0.25, 0.3) is 10.0 Å². The summed E-state index contributed by atoms with van der Waals surface area (Å²) < 4.78 is 38.6. The minimum atomic E-state index is -4.11. The summed E-state index contributed by atoms with van der Waals surface area (Å²) in [6.07, 6.45) is 0.931. The molecule has 0 radical (unpaired) electrons. The Hall–Kier alpha value is -2.78. The minimum absolute atomic E-state index is 0.0674. The van der Waals surface area contributed by atoms with Crippen LogP contribution in [0.2, 0.25) is 5.02 Å². The molecule has 0 spiro atoms. The average Bonchev–Trinajstić information content (AvgIpc) is 2.67. The van der Waals surface area contributed by atoms with Gasteiger partial charge in [-0.05, 0) is 42.8 Å². The number of imide groups is 1. The van der Waals surface area contributed by atoms with Gasteiger partial charge in [0.1, 0.15) is 16.4 Å². The zero-order valence-corrected chi connectivity index (χ0v) is 17.3. The molecule has 0 unspecified atom stereocenters. The largest absolute Gasteiger partial charge is 0.495 e. The molecule has 1 N–H and O–H groups in total. The summed E-state index contributed by atoms with van der Waals surface area (Å²) in [6, 6.07) is 8.55.